The van der Waals surface area contributed by atoms with Gasteiger partial charge in [-0.2, -0.15) is 15.5 Å². The highest BCUT2D eigenvalue weighted by Gasteiger charge is 2.43. The standard InChI is InChI=1S/C20H21N7O2S/c1-13-3-6-20(12-23-13,26-18-16(29-2)14(11-21)4-7-22-18)17(28)15-5-10-30-19(15)27-24-8-9-25-27/h4-5,7-10,13,23H,3,6,12H2,1-2H3,(H,22,26)/t13-,20-/m1/s1. The fourth-order valence-electron chi connectivity index (χ4n) is 3.63. The molecule has 154 valence electrons. The minimum atomic E-state index is -0.955. The molecule has 0 unspecified atom stereocenters. The van der Waals surface area contributed by atoms with Crippen molar-refractivity contribution < 1.29 is 9.53 Å². The molecule has 0 aliphatic carbocycles. The van der Waals surface area contributed by atoms with Gasteiger partial charge in [0.1, 0.15) is 16.6 Å². The Balaban J connectivity index is 1.76. The second-order valence-electron chi connectivity index (χ2n) is 7.17. The second-order valence-corrected chi connectivity index (χ2v) is 8.06. The minimum absolute atomic E-state index is 0.0818. The Hall–Kier alpha value is -3.29. The van der Waals surface area contributed by atoms with Crippen LogP contribution in [0, 0.1) is 11.3 Å². The van der Waals surface area contributed by atoms with Crippen molar-refractivity contribution in [2.45, 2.75) is 31.3 Å². The lowest BCUT2D eigenvalue weighted by molar-refractivity contribution is 0.0871. The third-order valence-electron chi connectivity index (χ3n) is 5.27. The Morgan fingerprint density at radius 1 is 1.40 bits per heavy atom. The van der Waals surface area contributed by atoms with Crippen LogP contribution in [-0.2, 0) is 0 Å². The van der Waals surface area contributed by atoms with Crippen LogP contribution in [0.3, 0.4) is 0 Å². The first-order chi connectivity index (χ1) is 14.6. The molecule has 1 saturated heterocycles. The van der Waals surface area contributed by atoms with Crippen molar-refractivity contribution in [3.63, 3.8) is 0 Å². The lowest BCUT2D eigenvalue weighted by Crippen LogP contribution is -2.59. The van der Waals surface area contributed by atoms with Crippen molar-refractivity contribution in [3.05, 3.63) is 47.2 Å². The van der Waals surface area contributed by atoms with E-state index >= 15 is 0 Å². The van der Waals surface area contributed by atoms with Crippen LogP contribution in [0.25, 0.3) is 5.00 Å². The molecule has 1 fully saturated rings. The summed E-state index contributed by atoms with van der Waals surface area (Å²) in [6, 6.07) is 5.78. The summed E-state index contributed by atoms with van der Waals surface area (Å²) >= 11 is 1.40. The van der Waals surface area contributed by atoms with Gasteiger partial charge in [0.05, 0.1) is 30.6 Å². The average Bonchev–Trinajstić information content (AvgIpc) is 3.46. The number of aromatic nitrogens is 4. The number of carbonyl (C=O) groups is 1. The molecule has 0 spiro atoms. The number of ketones is 1. The maximum Gasteiger partial charge on any atom is 0.192 e. The summed E-state index contributed by atoms with van der Waals surface area (Å²) in [5.41, 5.74) is -0.0636. The molecule has 1 aliphatic rings. The lowest BCUT2D eigenvalue weighted by Gasteiger charge is -2.40. The summed E-state index contributed by atoms with van der Waals surface area (Å²) in [6.45, 7) is 2.50. The summed E-state index contributed by atoms with van der Waals surface area (Å²) in [5, 5.41) is 27.0. The van der Waals surface area contributed by atoms with Gasteiger partial charge in [0, 0.05) is 18.8 Å². The number of thiophene rings is 1. The van der Waals surface area contributed by atoms with Gasteiger partial charge in [0.25, 0.3) is 0 Å². The van der Waals surface area contributed by atoms with E-state index in [1.165, 1.54) is 29.4 Å². The molecule has 30 heavy (non-hydrogen) atoms. The quantitative estimate of drug-likeness (QED) is 0.581. The maximum absolute atomic E-state index is 13.9. The first kappa shape index (κ1) is 20.0. The van der Waals surface area contributed by atoms with Gasteiger partial charge in [0.2, 0.25) is 0 Å². The topological polar surface area (TPSA) is 118 Å². The van der Waals surface area contributed by atoms with E-state index in [1.54, 1.807) is 24.5 Å². The molecular weight excluding hydrogens is 402 g/mol. The number of hydrogen-bond donors (Lipinski definition) is 2. The normalized spacial score (nSPS) is 21.0. The van der Waals surface area contributed by atoms with Gasteiger partial charge in [-0.15, -0.1) is 16.1 Å². The van der Waals surface area contributed by atoms with Crippen LogP contribution in [0.15, 0.2) is 36.1 Å². The third-order valence-corrected chi connectivity index (χ3v) is 6.15. The molecule has 0 bridgehead atoms. The van der Waals surface area contributed by atoms with E-state index in [0.29, 0.717) is 46.7 Å². The number of nitrogens with zero attached hydrogens (tertiary/aromatic N) is 5. The van der Waals surface area contributed by atoms with Crippen molar-refractivity contribution in [1.29, 1.82) is 5.26 Å². The van der Waals surface area contributed by atoms with Crippen LogP contribution >= 0.6 is 11.3 Å². The van der Waals surface area contributed by atoms with Crippen molar-refractivity contribution in [1.82, 2.24) is 25.3 Å². The fraction of sp³-hybridized carbons (Fsp3) is 0.350. The Morgan fingerprint density at radius 3 is 2.87 bits per heavy atom. The number of hydrogen-bond acceptors (Lipinski definition) is 9. The Labute approximate surface area is 177 Å². The van der Waals surface area contributed by atoms with E-state index in [1.807, 2.05) is 5.38 Å². The maximum atomic E-state index is 13.9. The smallest absolute Gasteiger partial charge is 0.192 e. The number of rotatable bonds is 6. The highest BCUT2D eigenvalue weighted by molar-refractivity contribution is 7.13. The number of ether oxygens (including phenoxy) is 1. The zero-order valence-electron chi connectivity index (χ0n) is 16.6. The average molecular weight is 424 g/mol. The molecule has 0 aromatic carbocycles. The van der Waals surface area contributed by atoms with E-state index in [0.717, 1.165) is 6.42 Å². The Bertz CT molecular complexity index is 1080. The Kier molecular flexibility index (Phi) is 5.48. The molecule has 9 nitrogen and oxygen atoms in total. The third kappa shape index (κ3) is 3.53. The number of piperidine rings is 1. The number of nitrogens with one attached hydrogen (secondary N) is 2. The van der Waals surface area contributed by atoms with Gasteiger partial charge >= 0.3 is 0 Å². The van der Waals surface area contributed by atoms with Gasteiger partial charge < -0.3 is 15.4 Å². The SMILES string of the molecule is COc1c(C#N)ccnc1N[C@]1(C(=O)c2ccsc2-n2nccn2)CC[C@@H](C)NC1. The molecule has 0 amide bonds. The molecular formula is C20H21N7O2S. The van der Waals surface area contributed by atoms with Crippen molar-refractivity contribution in [3.8, 4) is 16.8 Å². The van der Waals surface area contributed by atoms with Gasteiger partial charge in [-0.25, -0.2) is 4.98 Å². The molecule has 2 atom stereocenters. The molecule has 3 aromatic rings. The van der Waals surface area contributed by atoms with E-state index in [4.69, 9.17) is 4.74 Å². The predicted molar refractivity (Wildman–Crippen MR) is 112 cm³/mol. The number of methoxy groups -OCH3 is 1. The van der Waals surface area contributed by atoms with Crippen LogP contribution in [0.2, 0.25) is 0 Å². The van der Waals surface area contributed by atoms with Crippen molar-refractivity contribution >= 4 is 22.9 Å². The molecule has 4 heterocycles. The summed E-state index contributed by atoms with van der Waals surface area (Å²) in [6.07, 6.45) is 6.09. The van der Waals surface area contributed by atoms with Crippen LogP contribution in [0.1, 0.15) is 35.7 Å². The molecule has 0 saturated carbocycles. The second kappa shape index (κ2) is 8.22. The summed E-state index contributed by atoms with van der Waals surface area (Å²) in [7, 11) is 1.49. The van der Waals surface area contributed by atoms with Crippen LogP contribution in [-0.4, -0.2) is 51.0 Å². The van der Waals surface area contributed by atoms with Crippen LogP contribution in [0.4, 0.5) is 5.82 Å². The van der Waals surface area contributed by atoms with Crippen LogP contribution < -0.4 is 15.4 Å². The van der Waals surface area contributed by atoms with Gasteiger partial charge in [-0.1, -0.05) is 0 Å². The van der Waals surface area contributed by atoms with Gasteiger partial charge in [-0.3, -0.25) is 4.79 Å². The molecule has 0 radical (unpaired) electrons. The lowest BCUT2D eigenvalue weighted by atomic mass is 9.81. The zero-order chi connectivity index (χ0) is 21.1. The number of Topliss-reactive ketones (excluding diaryl/α,β-unsaturated/α-hetero) is 1. The first-order valence-electron chi connectivity index (χ1n) is 9.51. The summed E-state index contributed by atoms with van der Waals surface area (Å²) in [4.78, 5) is 19.7. The monoisotopic (exact) mass is 423 g/mol. The summed E-state index contributed by atoms with van der Waals surface area (Å²) < 4.78 is 5.43. The van der Waals surface area contributed by atoms with Crippen LogP contribution in [0.5, 0.6) is 5.75 Å². The first-order valence-corrected chi connectivity index (χ1v) is 10.4. The molecule has 1 aliphatic heterocycles. The predicted octanol–water partition coefficient (Wildman–Crippen LogP) is 2.41. The zero-order valence-corrected chi connectivity index (χ0v) is 17.4. The highest BCUT2D eigenvalue weighted by atomic mass is 32.1. The number of anilines is 1. The van der Waals surface area contributed by atoms with E-state index < -0.39 is 5.54 Å². The number of nitriles is 1. The molecule has 4 rings (SSSR count). The number of pyridine rings is 1. The van der Waals surface area contributed by atoms with E-state index in [-0.39, 0.29) is 5.78 Å². The largest absolute Gasteiger partial charge is 0.492 e. The molecule has 2 N–H and O–H groups in total. The Morgan fingerprint density at radius 2 is 2.20 bits per heavy atom. The number of carbonyl (C=O) groups excluding carboxylic acids is 1. The minimum Gasteiger partial charge on any atom is -0.492 e. The van der Waals surface area contributed by atoms with Crippen molar-refractivity contribution in [2.75, 3.05) is 19.0 Å². The van der Waals surface area contributed by atoms with E-state index in [9.17, 15) is 10.1 Å². The van der Waals surface area contributed by atoms with Crippen molar-refractivity contribution in [2.24, 2.45) is 0 Å². The van der Waals surface area contributed by atoms with Gasteiger partial charge in [-0.05, 0) is 37.3 Å². The fourth-order valence-corrected chi connectivity index (χ4v) is 4.43. The highest BCUT2D eigenvalue weighted by Crippen LogP contribution is 2.35. The van der Waals surface area contributed by atoms with E-state index in [2.05, 4.69) is 38.8 Å². The molecule has 3 aromatic heterocycles. The van der Waals surface area contributed by atoms with Gasteiger partial charge in [0.15, 0.2) is 17.4 Å². The molecule has 10 heteroatoms. The summed E-state index contributed by atoms with van der Waals surface area (Å²) in [5.74, 6) is 0.613.